The third-order valence-electron chi connectivity index (χ3n) is 7.52. The monoisotopic (exact) mass is 644 g/mol. The van der Waals surface area contributed by atoms with Crippen LogP contribution in [-0.2, 0) is 57.8 Å². The van der Waals surface area contributed by atoms with Crippen LogP contribution < -0.4 is 0 Å². The fourth-order valence-corrected chi connectivity index (χ4v) is 6.03. The Morgan fingerprint density at radius 1 is 0.652 bits per heavy atom. The van der Waals surface area contributed by atoms with E-state index in [2.05, 4.69) is 6.58 Å². The molecule has 1 aliphatic heterocycles. The van der Waals surface area contributed by atoms with Gasteiger partial charge in [0, 0.05) is 0 Å². The largest absolute Gasteiger partial charge is 0.368 e. The Kier molecular flexibility index (Phi) is 12.3. The summed E-state index contributed by atoms with van der Waals surface area (Å²) in [7, 11) is -4.10. The van der Waals surface area contributed by atoms with Gasteiger partial charge < -0.3 is 23.7 Å². The zero-order valence-electron chi connectivity index (χ0n) is 25.9. The van der Waals surface area contributed by atoms with Gasteiger partial charge in [-0.1, -0.05) is 115 Å². The zero-order valence-corrected chi connectivity index (χ0v) is 26.7. The molecule has 0 radical (unpaired) electrons. The van der Waals surface area contributed by atoms with E-state index >= 15 is 0 Å². The molecule has 5 atom stereocenters. The quantitative estimate of drug-likeness (QED) is 0.103. The van der Waals surface area contributed by atoms with Gasteiger partial charge in [0.2, 0.25) is 0 Å². The van der Waals surface area contributed by atoms with E-state index in [-0.39, 0.29) is 37.9 Å². The highest BCUT2D eigenvalue weighted by Crippen LogP contribution is 2.32. The van der Waals surface area contributed by atoms with E-state index in [0.717, 1.165) is 22.3 Å². The van der Waals surface area contributed by atoms with Crippen molar-refractivity contribution in [1.29, 1.82) is 0 Å². The van der Waals surface area contributed by atoms with Gasteiger partial charge in [-0.05, 0) is 35.7 Å². The first kappa shape index (κ1) is 33.7. The Bertz CT molecular complexity index is 1580. The standard InChI is InChI=1S/C37H40O8S/c1-3-23-40-37-36(43-26-31-17-11-6-12-18-31)35(42-25-30-15-9-5-10-16-30)34(41-24-29-13-7-4-8-14-29)33(45-37)27-44-46(38,39)32-21-19-28(2)20-22-32/h3-22,33-37H,1,23-27H2,2H3/t33-,34-,35+,36-,37-/m1/s1. The van der Waals surface area contributed by atoms with Crippen LogP contribution in [0.3, 0.4) is 0 Å². The lowest BCUT2D eigenvalue weighted by Crippen LogP contribution is -2.61. The minimum Gasteiger partial charge on any atom is -0.368 e. The molecule has 0 saturated carbocycles. The van der Waals surface area contributed by atoms with Crippen molar-refractivity contribution in [1.82, 2.24) is 0 Å². The molecular formula is C37H40O8S. The molecule has 5 rings (SSSR count). The highest BCUT2D eigenvalue weighted by atomic mass is 32.2. The predicted molar refractivity (Wildman–Crippen MR) is 174 cm³/mol. The van der Waals surface area contributed by atoms with Crippen molar-refractivity contribution in [3.8, 4) is 0 Å². The summed E-state index contributed by atoms with van der Waals surface area (Å²) < 4.78 is 64.2. The minimum absolute atomic E-state index is 0.0519. The molecule has 0 aliphatic carbocycles. The topological polar surface area (TPSA) is 89.5 Å². The average Bonchev–Trinajstić information content (AvgIpc) is 3.09. The fourth-order valence-electron chi connectivity index (χ4n) is 5.11. The van der Waals surface area contributed by atoms with Crippen LogP contribution in [0.5, 0.6) is 0 Å². The number of benzene rings is 4. The smallest absolute Gasteiger partial charge is 0.297 e. The van der Waals surface area contributed by atoms with E-state index < -0.39 is 40.8 Å². The molecule has 1 fully saturated rings. The molecule has 9 heteroatoms. The Morgan fingerprint density at radius 2 is 1.13 bits per heavy atom. The van der Waals surface area contributed by atoms with Crippen molar-refractivity contribution in [2.75, 3.05) is 13.2 Å². The molecule has 0 amide bonds. The molecule has 4 aromatic rings. The Hall–Kier alpha value is -3.67. The second-order valence-electron chi connectivity index (χ2n) is 11.0. The summed E-state index contributed by atoms with van der Waals surface area (Å²) in [5.74, 6) is 0. The zero-order chi connectivity index (χ0) is 32.2. The number of aryl methyl sites for hydroxylation is 1. The van der Waals surface area contributed by atoms with E-state index in [0.29, 0.717) is 0 Å². The molecule has 46 heavy (non-hydrogen) atoms. The molecule has 0 aromatic heterocycles. The van der Waals surface area contributed by atoms with Gasteiger partial charge in [0.05, 0.1) is 37.9 Å². The Balaban J connectivity index is 1.46. The molecule has 0 bridgehead atoms. The van der Waals surface area contributed by atoms with E-state index in [4.69, 9.17) is 27.9 Å². The summed E-state index contributed by atoms with van der Waals surface area (Å²) in [6.45, 7) is 6.26. The molecule has 0 spiro atoms. The van der Waals surface area contributed by atoms with Crippen molar-refractivity contribution in [2.24, 2.45) is 0 Å². The summed E-state index contributed by atoms with van der Waals surface area (Å²) in [4.78, 5) is 0.0519. The maximum Gasteiger partial charge on any atom is 0.297 e. The molecule has 1 heterocycles. The summed E-state index contributed by atoms with van der Waals surface area (Å²) in [6.07, 6.45) is -2.48. The maximum atomic E-state index is 13.2. The van der Waals surface area contributed by atoms with Crippen LogP contribution in [0.25, 0.3) is 0 Å². The van der Waals surface area contributed by atoms with E-state index in [1.54, 1.807) is 18.2 Å². The van der Waals surface area contributed by atoms with E-state index in [1.807, 2.05) is 97.9 Å². The van der Waals surface area contributed by atoms with E-state index in [9.17, 15) is 8.42 Å². The molecule has 8 nitrogen and oxygen atoms in total. The lowest BCUT2D eigenvalue weighted by Gasteiger charge is -2.45. The summed E-state index contributed by atoms with van der Waals surface area (Å²) >= 11 is 0. The van der Waals surface area contributed by atoms with Crippen LogP contribution in [0.15, 0.2) is 133 Å². The molecular weight excluding hydrogens is 604 g/mol. The second-order valence-corrected chi connectivity index (χ2v) is 12.6. The lowest BCUT2D eigenvalue weighted by molar-refractivity contribution is -0.323. The van der Waals surface area contributed by atoms with Crippen molar-refractivity contribution in [3.05, 3.63) is 150 Å². The van der Waals surface area contributed by atoms with Gasteiger partial charge in [-0.2, -0.15) is 8.42 Å². The minimum atomic E-state index is -4.10. The van der Waals surface area contributed by atoms with Gasteiger partial charge in [0.1, 0.15) is 24.4 Å². The Morgan fingerprint density at radius 3 is 1.63 bits per heavy atom. The molecule has 0 unspecified atom stereocenters. The highest BCUT2D eigenvalue weighted by molar-refractivity contribution is 7.86. The van der Waals surface area contributed by atoms with Gasteiger partial charge in [-0.15, -0.1) is 6.58 Å². The van der Waals surface area contributed by atoms with Crippen LogP contribution in [0.1, 0.15) is 22.3 Å². The normalized spacial score (nSPS) is 21.5. The first-order valence-electron chi connectivity index (χ1n) is 15.2. The molecule has 1 aliphatic rings. The number of hydrogen-bond donors (Lipinski definition) is 0. The number of ether oxygens (including phenoxy) is 5. The van der Waals surface area contributed by atoms with Crippen molar-refractivity contribution >= 4 is 10.1 Å². The van der Waals surface area contributed by atoms with Gasteiger partial charge >= 0.3 is 0 Å². The van der Waals surface area contributed by atoms with Crippen molar-refractivity contribution in [3.63, 3.8) is 0 Å². The summed E-state index contributed by atoms with van der Waals surface area (Å²) in [5, 5.41) is 0. The highest BCUT2D eigenvalue weighted by Gasteiger charge is 2.49. The number of hydrogen-bond acceptors (Lipinski definition) is 8. The fraction of sp³-hybridized carbons (Fsp3) is 0.297. The molecule has 4 aromatic carbocycles. The summed E-state index contributed by atoms with van der Waals surface area (Å²) in [5.41, 5.74) is 3.79. The van der Waals surface area contributed by atoms with Crippen molar-refractivity contribution in [2.45, 2.75) is 62.3 Å². The van der Waals surface area contributed by atoms with Crippen LogP contribution in [0.4, 0.5) is 0 Å². The lowest BCUT2D eigenvalue weighted by atomic mass is 9.98. The average molecular weight is 645 g/mol. The third-order valence-corrected chi connectivity index (χ3v) is 8.82. The maximum absolute atomic E-state index is 13.2. The van der Waals surface area contributed by atoms with Crippen LogP contribution in [0.2, 0.25) is 0 Å². The molecule has 242 valence electrons. The predicted octanol–water partition coefficient (Wildman–Crippen LogP) is 6.38. The molecule has 0 N–H and O–H groups in total. The first-order chi connectivity index (χ1) is 22.4. The summed E-state index contributed by atoms with van der Waals surface area (Å²) in [6, 6.07) is 35.7. The van der Waals surface area contributed by atoms with Gasteiger partial charge in [-0.3, -0.25) is 4.18 Å². The molecule has 1 saturated heterocycles. The third kappa shape index (κ3) is 9.43. The SMILES string of the molecule is C=CCO[C@@H]1O[C@H](COS(=O)(=O)c2ccc(C)cc2)[C@@H](OCc2ccccc2)[C@H](OCc2ccccc2)[C@H]1OCc1ccccc1. The first-order valence-corrected chi connectivity index (χ1v) is 16.6. The second kappa shape index (κ2) is 16.8. The Labute approximate surface area is 271 Å². The van der Waals surface area contributed by atoms with Crippen molar-refractivity contribution < 1.29 is 36.3 Å². The van der Waals surface area contributed by atoms with E-state index in [1.165, 1.54) is 12.1 Å². The van der Waals surface area contributed by atoms with Gasteiger partial charge in [-0.25, -0.2) is 0 Å². The number of rotatable bonds is 16. The van der Waals surface area contributed by atoms with Crippen LogP contribution >= 0.6 is 0 Å². The van der Waals surface area contributed by atoms with Crippen LogP contribution in [0, 0.1) is 6.92 Å². The van der Waals surface area contributed by atoms with Crippen LogP contribution in [-0.4, -0.2) is 52.3 Å². The van der Waals surface area contributed by atoms with Gasteiger partial charge in [0.15, 0.2) is 6.29 Å². The van der Waals surface area contributed by atoms with Gasteiger partial charge in [0.25, 0.3) is 10.1 Å².